The van der Waals surface area contributed by atoms with Crippen LogP contribution in [0.25, 0.3) is 0 Å². The van der Waals surface area contributed by atoms with Crippen LogP contribution < -0.4 is 5.32 Å². The van der Waals surface area contributed by atoms with E-state index in [1.165, 1.54) is 36.8 Å². The Bertz CT molecular complexity index is 377. The van der Waals surface area contributed by atoms with Crippen molar-refractivity contribution in [1.29, 1.82) is 0 Å². The first kappa shape index (κ1) is 14.5. The second-order valence-electron chi connectivity index (χ2n) is 5.75. The largest absolute Gasteiger partial charge is 0.374 e. The highest BCUT2D eigenvalue weighted by atomic mass is 16.5. The van der Waals surface area contributed by atoms with E-state index in [1.54, 1.807) is 0 Å². The number of ether oxygens (including phenoxy) is 1. The maximum absolute atomic E-state index is 6.13. The predicted octanol–water partition coefficient (Wildman–Crippen LogP) is 3.89. The number of benzene rings is 1. The first-order valence-electron chi connectivity index (χ1n) is 7.68. The third-order valence-corrected chi connectivity index (χ3v) is 4.05. The molecule has 1 aliphatic rings. The molecule has 0 aliphatic heterocycles. The lowest BCUT2D eigenvalue weighted by atomic mass is 9.89. The molecule has 1 fully saturated rings. The molecule has 1 N–H and O–H groups in total. The number of nitrogens with one attached hydrogen (secondary N) is 1. The molecule has 0 bridgehead atoms. The van der Waals surface area contributed by atoms with Gasteiger partial charge >= 0.3 is 0 Å². The summed E-state index contributed by atoms with van der Waals surface area (Å²) in [7, 11) is 0. The molecule has 0 amide bonds. The predicted molar refractivity (Wildman–Crippen MR) is 80.0 cm³/mol. The van der Waals surface area contributed by atoms with Gasteiger partial charge in [-0.15, -0.1) is 0 Å². The van der Waals surface area contributed by atoms with Crippen molar-refractivity contribution in [3.8, 4) is 0 Å². The first-order chi connectivity index (χ1) is 9.29. The molecule has 2 rings (SSSR count). The molecule has 2 nitrogen and oxygen atoms in total. The molecule has 0 heterocycles. The van der Waals surface area contributed by atoms with Crippen molar-refractivity contribution in [3.63, 3.8) is 0 Å². The SMILES string of the molecule is CCNCc1ccccc1COC1CCCC(C)C1. The third kappa shape index (κ3) is 4.63. The molecule has 1 aromatic rings. The van der Waals surface area contributed by atoms with Gasteiger partial charge in [0, 0.05) is 6.54 Å². The fourth-order valence-electron chi connectivity index (χ4n) is 2.87. The standard InChI is InChI=1S/C17H27NO/c1-3-18-12-15-8-4-5-9-16(15)13-19-17-10-6-7-14(2)11-17/h4-5,8-9,14,17-18H,3,6-7,10-13H2,1-2H3. The molecule has 0 spiro atoms. The van der Waals surface area contributed by atoms with E-state index < -0.39 is 0 Å². The zero-order valence-electron chi connectivity index (χ0n) is 12.3. The highest BCUT2D eigenvalue weighted by molar-refractivity contribution is 5.26. The summed E-state index contributed by atoms with van der Waals surface area (Å²) in [6.07, 6.45) is 5.63. The van der Waals surface area contributed by atoms with Crippen LogP contribution in [0, 0.1) is 5.92 Å². The Labute approximate surface area is 117 Å². The Morgan fingerprint density at radius 1 is 1.21 bits per heavy atom. The fourth-order valence-corrected chi connectivity index (χ4v) is 2.87. The van der Waals surface area contributed by atoms with Crippen LogP contribution in [0.3, 0.4) is 0 Å². The highest BCUT2D eigenvalue weighted by Gasteiger charge is 2.19. The molecule has 1 aliphatic carbocycles. The average Bonchev–Trinajstić information content (AvgIpc) is 2.44. The van der Waals surface area contributed by atoms with E-state index in [0.717, 1.165) is 25.6 Å². The Balaban J connectivity index is 1.87. The van der Waals surface area contributed by atoms with Gasteiger partial charge in [-0.3, -0.25) is 0 Å². The molecule has 19 heavy (non-hydrogen) atoms. The van der Waals surface area contributed by atoms with Crippen molar-refractivity contribution in [3.05, 3.63) is 35.4 Å². The van der Waals surface area contributed by atoms with Crippen molar-refractivity contribution in [2.45, 2.75) is 58.8 Å². The van der Waals surface area contributed by atoms with Crippen molar-refractivity contribution in [2.24, 2.45) is 5.92 Å². The molecule has 2 heteroatoms. The van der Waals surface area contributed by atoms with E-state index >= 15 is 0 Å². The fraction of sp³-hybridized carbons (Fsp3) is 0.647. The minimum absolute atomic E-state index is 0.468. The minimum atomic E-state index is 0.468. The van der Waals surface area contributed by atoms with Gasteiger partial charge in [0.25, 0.3) is 0 Å². The third-order valence-electron chi connectivity index (χ3n) is 4.05. The lowest BCUT2D eigenvalue weighted by molar-refractivity contribution is 0.00436. The molecule has 1 aromatic carbocycles. The number of rotatable bonds is 6. The van der Waals surface area contributed by atoms with Crippen LogP contribution in [0.15, 0.2) is 24.3 Å². The van der Waals surface area contributed by atoms with Gasteiger partial charge in [0.2, 0.25) is 0 Å². The summed E-state index contributed by atoms with van der Waals surface area (Å²) in [5.74, 6) is 0.829. The van der Waals surface area contributed by atoms with E-state index in [-0.39, 0.29) is 0 Å². The first-order valence-corrected chi connectivity index (χ1v) is 7.68. The molecule has 2 atom stereocenters. The highest BCUT2D eigenvalue weighted by Crippen LogP contribution is 2.26. The lowest BCUT2D eigenvalue weighted by Crippen LogP contribution is -2.22. The van der Waals surface area contributed by atoms with Gasteiger partial charge in [-0.1, -0.05) is 51.0 Å². The summed E-state index contributed by atoms with van der Waals surface area (Å²) in [4.78, 5) is 0. The summed E-state index contributed by atoms with van der Waals surface area (Å²) in [6, 6.07) is 8.61. The Hall–Kier alpha value is -0.860. The molecular formula is C17H27NO. The average molecular weight is 261 g/mol. The maximum Gasteiger partial charge on any atom is 0.0723 e. The second-order valence-corrected chi connectivity index (χ2v) is 5.75. The molecule has 0 aromatic heterocycles. The van der Waals surface area contributed by atoms with Gasteiger partial charge in [-0.2, -0.15) is 0 Å². The summed E-state index contributed by atoms with van der Waals surface area (Å²) < 4.78 is 6.13. The number of hydrogen-bond acceptors (Lipinski definition) is 2. The van der Waals surface area contributed by atoms with Crippen LogP contribution in [0.2, 0.25) is 0 Å². The van der Waals surface area contributed by atoms with Crippen molar-refractivity contribution in [1.82, 2.24) is 5.32 Å². The van der Waals surface area contributed by atoms with Gasteiger partial charge in [-0.25, -0.2) is 0 Å². The Kier molecular flexibility index (Phi) is 5.87. The van der Waals surface area contributed by atoms with E-state index in [2.05, 4.69) is 43.4 Å². The normalized spacial score (nSPS) is 23.5. The summed E-state index contributed by atoms with van der Waals surface area (Å²) in [5.41, 5.74) is 2.70. The van der Waals surface area contributed by atoms with Crippen molar-refractivity contribution >= 4 is 0 Å². The van der Waals surface area contributed by atoms with E-state index in [9.17, 15) is 0 Å². The van der Waals surface area contributed by atoms with Gasteiger partial charge in [0.15, 0.2) is 0 Å². The van der Waals surface area contributed by atoms with Crippen LogP contribution in [-0.2, 0) is 17.9 Å². The van der Waals surface area contributed by atoms with Crippen LogP contribution in [0.5, 0.6) is 0 Å². The quantitative estimate of drug-likeness (QED) is 0.838. The van der Waals surface area contributed by atoms with Crippen LogP contribution in [0.1, 0.15) is 50.7 Å². The van der Waals surface area contributed by atoms with E-state index in [1.807, 2.05) is 0 Å². The lowest BCUT2D eigenvalue weighted by Gasteiger charge is -2.27. The second kappa shape index (κ2) is 7.66. The zero-order chi connectivity index (χ0) is 13.5. The monoisotopic (exact) mass is 261 g/mol. The Morgan fingerprint density at radius 2 is 2.00 bits per heavy atom. The molecule has 2 unspecified atom stereocenters. The van der Waals surface area contributed by atoms with Gasteiger partial charge in [0.05, 0.1) is 12.7 Å². The van der Waals surface area contributed by atoms with Crippen LogP contribution in [0.4, 0.5) is 0 Å². The van der Waals surface area contributed by atoms with Crippen molar-refractivity contribution < 1.29 is 4.74 Å². The maximum atomic E-state index is 6.13. The summed E-state index contributed by atoms with van der Waals surface area (Å²) >= 11 is 0. The zero-order valence-corrected chi connectivity index (χ0v) is 12.3. The molecule has 1 saturated carbocycles. The smallest absolute Gasteiger partial charge is 0.0723 e. The Morgan fingerprint density at radius 3 is 2.74 bits per heavy atom. The molecule has 0 radical (unpaired) electrons. The van der Waals surface area contributed by atoms with E-state index in [0.29, 0.717) is 6.10 Å². The molecule has 0 saturated heterocycles. The van der Waals surface area contributed by atoms with Crippen molar-refractivity contribution in [2.75, 3.05) is 6.54 Å². The van der Waals surface area contributed by atoms with Gasteiger partial charge < -0.3 is 10.1 Å². The van der Waals surface area contributed by atoms with Gasteiger partial charge in [-0.05, 0) is 36.4 Å². The summed E-state index contributed by atoms with van der Waals surface area (Å²) in [6.45, 7) is 7.20. The van der Waals surface area contributed by atoms with Crippen LogP contribution in [-0.4, -0.2) is 12.6 Å². The van der Waals surface area contributed by atoms with Gasteiger partial charge in [0.1, 0.15) is 0 Å². The summed E-state index contributed by atoms with van der Waals surface area (Å²) in [5, 5.41) is 3.39. The van der Waals surface area contributed by atoms with Crippen LogP contribution >= 0.6 is 0 Å². The topological polar surface area (TPSA) is 21.3 Å². The minimum Gasteiger partial charge on any atom is -0.374 e. The molecular weight excluding hydrogens is 234 g/mol. The van der Waals surface area contributed by atoms with E-state index in [4.69, 9.17) is 4.74 Å². The molecule has 106 valence electrons. The number of hydrogen-bond donors (Lipinski definition) is 1.